The number of amides is 1. The lowest BCUT2D eigenvalue weighted by atomic mass is 10.0. The Morgan fingerprint density at radius 2 is 1.72 bits per heavy atom. The number of carboxylic acids is 1. The standard InChI is InChI=1S/C18H16Cl3NO3/c19-14-4-2-1-3-12(14)9-17(23)22-13(10-18(24)25)7-11-5-6-15(20)16(21)8-11/h1-6,8,13H,7,9-10H2,(H,22,23)(H,24,25). The third-order valence-electron chi connectivity index (χ3n) is 3.56. The van der Waals surface area contributed by atoms with Gasteiger partial charge in [-0.05, 0) is 35.7 Å². The summed E-state index contributed by atoms with van der Waals surface area (Å²) in [5, 5.41) is 13.1. The first-order valence-corrected chi connectivity index (χ1v) is 8.67. The highest BCUT2D eigenvalue weighted by molar-refractivity contribution is 6.42. The van der Waals surface area contributed by atoms with E-state index >= 15 is 0 Å². The van der Waals surface area contributed by atoms with E-state index in [1.807, 2.05) is 0 Å². The second-order valence-corrected chi connectivity index (χ2v) is 6.80. The zero-order valence-electron chi connectivity index (χ0n) is 13.1. The van der Waals surface area contributed by atoms with E-state index in [0.717, 1.165) is 5.56 Å². The topological polar surface area (TPSA) is 66.4 Å². The molecule has 0 fully saturated rings. The van der Waals surface area contributed by atoms with Crippen LogP contribution in [-0.2, 0) is 22.4 Å². The molecule has 2 aromatic rings. The van der Waals surface area contributed by atoms with Crippen LogP contribution in [0.5, 0.6) is 0 Å². The summed E-state index contributed by atoms with van der Waals surface area (Å²) in [6, 6.07) is 11.5. The first-order chi connectivity index (χ1) is 11.8. The summed E-state index contributed by atoms with van der Waals surface area (Å²) in [5.74, 6) is -1.29. The molecule has 0 spiro atoms. The Kier molecular flexibility index (Phi) is 7.12. The predicted octanol–water partition coefficient (Wildman–Crippen LogP) is 4.39. The van der Waals surface area contributed by atoms with Crippen molar-refractivity contribution in [3.8, 4) is 0 Å². The first-order valence-electron chi connectivity index (χ1n) is 7.53. The molecular weight excluding hydrogens is 385 g/mol. The number of halogens is 3. The first kappa shape index (κ1) is 19.6. The van der Waals surface area contributed by atoms with Crippen LogP contribution < -0.4 is 5.32 Å². The molecule has 1 unspecified atom stereocenters. The van der Waals surface area contributed by atoms with E-state index in [4.69, 9.17) is 39.9 Å². The van der Waals surface area contributed by atoms with Crippen LogP contribution in [0.3, 0.4) is 0 Å². The molecule has 0 saturated heterocycles. The monoisotopic (exact) mass is 399 g/mol. The maximum Gasteiger partial charge on any atom is 0.305 e. The average Bonchev–Trinajstić information content (AvgIpc) is 2.52. The molecule has 1 amide bonds. The smallest absolute Gasteiger partial charge is 0.305 e. The molecule has 0 heterocycles. The molecular formula is C18H16Cl3NO3. The van der Waals surface area contributed by atoms with Crippen LogP contribution >= 0.6 is 34.8 Å². The Labute approximate surface area is 160 Å². The van der Waals surface area contributed by atoms with Gasteiger partial charge in [-0.2, -0.15) is 0 Å². The predicted molar refractivity (Wildman–Crippen MR) is 99.5 cm³/mol. The highest BCUT2D eigenvalue weighted by Crippen LogP contribution is 2.23. The van der Waals surface area contributed by atoms with Crippen molar-refractivity contribution >= 4 is 46.7 Å². The van der Waals surface area contributed by atoms with Crippen molar-refractivity contribution < 1.29 is 14.7 Å². The minimum Gasteiger partial charge on any atom is -0.481 e. The van der Waals surface area contributed by atoms with Gasteiger partial charge in [-0.25, -0.2) is 0 Å². The van der Waals surface area contributed by atoms with Crippen molar-refractivity contribution in [3.63, 3.8) is 0 Å². The number of benzene rings is 2. The van der Waals surface area contributed by atoms with Crippen molar-refractivity contribution in [2.24, 2.45) is 0 Å². The van der Waals surface area contributed by atoms with Gasteiger partial charge in [-0.1, -0.05) is 59.1 Å². The van der Waals surface area contributed by atoms with E-state index < -0.39 is 12.0 Å². The summed E-state index contributed by atoms with van der Waals surface area (Å²) in [6.07, 6.45) is 0.211. The zero-order valence-corrected chi connectivity index (χ0v) is 15.4. The summed E-state index contributed by atoms with van der Waals surface area (Å²) >= 11 is 17.9. The second kappa shape index (κ2) is 9.09. The van der Waals surface area contributed by atoms with Crippen molar-refractivity contribution in [3.05, 3.63) is 68.7 Å². The zero-order chi connectivity index (χ0) is 18.4. The third kappa shape index (κ3) is 6.24. The number of rotatable bonds is 7. The highest BCUT2D eigenvalue weighted by Gasteiger charge is 2.18. The van der Waals surface area contributed by atoms with E-state index in [1.165, 1.54) is 0 Å². The number of carbonyl (C=O) groups is 2. The fraction of sp³-hybridized carbons (Fsp3) is 0.222. The molecule has 7 heteroatoms. The van der Waals surface area contributed by atoms with Crippen LogP contribution in [0, 0.1) is 0 Å². The number of nitrogens with one attached hydrogen (secondary N) is 1. The van der Waals surface area contributed by atoms with Gasteiger partial charge in [0.1, 0.15) is 0 Å². The average molecular weight is 401 g/mol. The second-order valence-electron chi connectivity index (χ2n) is 5.58. The lowest BCUT2D eigenvalue weighted by Crippen LogP contribution is -2.39. The normalized spacial score (nSPS) is 11.8. The van der Waals surface area contributed by atoms with Gasteiger partial charge in [0.05, 0.1) is 22.9 Å². The van der Waals surface area contributed by atoms with E-state index in [-0.39, 0.29) is 18.7 Å². The molecule has 0 aliphatic rings. The minimum atomic E-state index is -0.997. The van der Waals surface area contributed by atoms with Crippen molar-refractivity contribution in [1.82, 2.24) is 5.32 Å². The lowest BCUT2D eigenvalue weighted by Gasteiger charge is -2.18. The Morgan fingerprint density at radius 1 is 1.00 bits per heavy atom. The summed E-state index contributed by atoms with van der Waals surface area (Å²) in [7, 11) is 0. The van der Waals surface area contributed by atoms with Gasteiger partial charge in [0.25, 0.3) is 0 Å². The number of carboxylic acid groups (broad SMARTS) is 1. The maximum atomic E-state index is 12.3. The van der Waals surface area contributed by atoms with E-state index in [2.05, 4.69) is 5.32 Å². The van der Waals surface area contributed by atoms with Gasteiger partial charge in [-0.15, -0.1) is 0 Å². The van der Waals surface area contributed by atoms with Crippen molar-refractivity contribution in [1.29, 1.82) is 0 Å². The molecule has 0 bridgehead atoms. The lowest BCUT2D eigenvalue weighted by molar-refractivity contribution is -0.137. The van der Waals surface area contributed by atoms with Crippen molar-refractivity contribution in [2.45, 2.75) is 25.3 Å². The molecule has 0 aliphatic heterocycles. The molecule has 0 radical (unpaired) electrons. The molecule has 0 aromatic heterocycles. The molecule has 4 nitrogen and oxygen atoms in total. The SMILES string of the molecule is O=C(O)CC(Cc1ccc(Cl)c(Cl)c1)NC(=O)Cc1ccccc1Cl. The van der Waals surface area contributed by atoms with Gasteiger partial charge in [0.2, 0.25) is 5.91 Å². The summed E-state index contributed by atoms with van der Waals surface area (Å²) in [4.78, 5) is 23.4. The van der Waals surface area contributed by atoms with Crippen LogP contribution in [0.4, 0.5) is 0 Å². The Morgan fingerprint density at radius 3 is 2.36 bits per heavy atom. The number of aliphatic carboxylic acids is 1. The third-order valence-corrected chi connectivity index (χ3v) is 4.67. The van der Waals surface area contributed by atoms with Crippen molar-refractivity contribution in [2.75, 3.05) is 0 Å². The van der Waals surface area contributed by atoms with E-state index in [9.17, 15) is 9.59 Å². The number of hydrogen-bond donors (Lipinski definition) is 2. The highest BCUT2D eigenvalue weighted by atomic mass is 35.5. The summed E-state index contributed by atoms with van der Waals surface area (Å²) in [6.45, 7) is 0. The fourth-order valence-electron chi connectivity index (χ4n) is 2.43. The molecule has 132 valence electrons. The maximum absolute atomic E-state index is 12.3. The molecule has 0 saturated carbocycles. The Hall–Kier alpha value is -1.75. The Balaban J connectivity index is 2.06. The van der Waals surface area contributed by atoms with Crippen LogP contribution in [-0.4, -0.2) is 23.0 Å². The van der Waals surface area contributed by atoms with Crippen LogP contribution in [0.1, 0.15) is 17.5 Å². The van der Waals surface area contributed by atoms with Crippen LogP contribution in [0.25, 0.3) is 0 Å². The Bertz CT molecular complexity index is 780. The van der Waals surface area contributed by atoms with E-state index in [1.54, 1.807) is 42.5 Å². The minimum absolute atomic E-state index is 0.0805. The molecule has 2 N–H and O–H groups in total. The number of hydrogen-bond acceptors (Lipinski definition) is 2. The number of carbonyl (C=O) groups excluding carboxylic acids is 1. The summed E-state index contributed by atoms with van der Waals surface area (Å²) in [5.41, 5.74) is 1.48. The van der Waals surface area contributed by atoms with Gasteiger partial charge in [-0.3, -0.25) is 9.59 Å². The molecule has 1 atom stereocenters. The van der Waals surface area contributed by atoms with Gasteiger partial charge < -0.3 is 10.4 Å². The molecule has 2 rings (SSSR count). The molecule has 0 aliphatic carbocycles. The van der Waals surface area contributed by atoms with Gasteiger partial charge in [0.15, 0.2) is 0 Å². The molecule has 2 aromatic carbocycles. The fourth-order valence-corrected chi connectivity index (χ4v) is 2.95. The largest absolute Gasteiger partial charge is 0.481 e. The van der Waals surface area contributed by atoms with Gasteiger partial charge >= 0.3 is 5.97 Å². The summed E-state index contributed by atoms with van der Waals surface area (Å²) < 4.78 is 0. The van der Waals surface area contributed by atoms with Crippen LogP contribution in [0.2, 0.25) is 15.1 Å². The quantitative estimate of drug-likeness (QED) is 0.724. The molecule has 25 heavy (non-hydrogen) atoms. The van der Waals surface area contributed by atoms with Crippen LogP contribution in [0.15, 0.2) is 42.5 Å². The van der Waals surface area contributed by atoms with Gasteiger partial charge in [0, 0.05) is 11.1 Å². The van der Waals surface area contributed by atoms with E-state index in [0.29, 0.717) is 27.1 Å².